The molecular formula is C19H27N3O4. The summed E-state index contributed by atoms with van der Waals surface area (Å²) in [6.07, 6.45) is -0.643. The van der Waals surface area contributed by atoms with Crippen molar-refractivity contribution in [1.29, 1.82) is 0 Å². The van der Waals surface area contributed by atoms with E-state index in [4.69, 9.17) is 14.2 Å². The minimum atomic E-state index is -0.643. The molecule has 2 N–H and O–H groups in total. The first kappa shape index (κ1) is 19.9. The molecule has 0 radical (unpaired) electrons. The first-order valence-corrected chi connectivity index (χ1v) is 8.44. The van der Waals surface area contributed by atoms with Crippen LogP contribution in [0.3, 0.4) is 0 Å². The monoisotopic (exact) mass is 361 g/mol. The molecule has 1 aromatic heterocycles. The number of benzene rings is 1. The normalized spacial score (nSPS) is 12.5. The quantitative estimate of drug-likeness (QED) is 0.746. The van der Waals surface area contributed by atoms with E-state index in [2.05, 4.69) is 15.5 Å². The summed E-state index contributed by atoms with van der Waals surface area (Å²) in [6, 6.07) is 8.98. The number of nitrogens with one attached hydrogen (secondary N) is 1. The smallest absolute Gasteiger partial charge is 0.233 e. The Hall–Kier alpha value is -2.38. The predicted molar refractivity (Wildman–Crippen MR) is 99.8 cm³/mol. The van der Waals surface area contributed by atoms with Crippen LogP contribution in [0.5, 0.6) is 17.4 Å². The van der Waals surface area contributed by atoms with E-state index in [-0.39, 0.29) is 12.1 Å². The molecule has 0 spiro atoms. The van der Waals surface area contributed by atoms with Crippen LogP contribution in [-0.2, 0) is 0 Å². The zero-order valence-corrected chi connectivity index (χ0v) is 15.9. The lowest BCUT2D eigenvalue weighted by Crippen LogP contribution is -2.42. The van der Waals surface area contributed by atoms with Crippen molar-refractivity contribution in [3.63, 3.8) is 0 Å². The molecule has 0 bridgehead atoms. The molecule has 1 aromatic carbocycles. The van der Waals surface area contributed by atoms with Gasteiger partial charge in [0.25, 0.3) is 0 Å². The molecule has 26 heavy (non-hydrogen) atoms. The molecule has 1 atom stereocenters. The van der Waals surface area contributed by atoms with Gasteiger partial charge in [0.05, 0.1) is 19.9 Å². The molecule has 1 unspecified atom stereocenters. The molecule has 7 nitrogen and oxygen atoms in total. The van der Waals surface area contributed by atoms with E-state index < -0.39 is 6.10 Å². The van der Waals surface area contributed by atoms with Gasteiger partial charge >= 0.3 is 0 Å². The molecular weight excluding hydrogens is 334 g/mol. The fourth-order valence-corrected chi connectivity index (χ4v) is 2.20. The van der Waals surface area contributed by atoms with Crippen LogP contribution in [0.4, 0.5) is 0 Å². The second kappa shape index (κ2) is 8.82. The summed E-state index contributed by atoms with van der Waals surface area (Å²) in [5.41, 5.74) is 1.34. The van der Waals surface area contributed by atoms with Crippen molar-refractivity contribution < 1.29 is 19.3 Å². The van der Waals surface area contributed by atoms with Crippen LogP contribution in [0.25, 0.3) is 11.3 Å². The van der Waals surface area contributed by atoms with Gasteiger partial charge in [0, 0.05) is 29.8 Å². The standard InChI is InChI=1S/C19H27N3O4/c1-19(2,3)20-11-13(23)12-26-17-10-14(24-4)6-7-15(17)16-8-9-18(25-5)22-21-16/h6-10,13,20,23H,11-12H2,1-5H3. The summed E-state index contributed by atoms with van der Waals surface area (Å²) in [7, 11) is 3.13. The molecule has 142 valence electrons. The Kier molecular flexibility index (Phi) is 6.76. The van der Waals surface area contributed by atoms with E-state index >= 15 is 0 Å². The molecule has 2 aromatic rings. The van der Waals surface area contributed by atoms with E-state index in [9.17, 15) is 5.11 Å². The molecule has 0 aliphatic carbocycles. The number of aliphatic hydroxyl groups excluding tert-OH is 1. The second-order valence-electron chi connectivity index (χ2n) is 6.92. The van der Waals surface area contributed by atoms with Gasteiger partial charge in [-0.15, -0.1) is 10.2 Å². The Balaban J connectivity index is 2.14. The zero-order chi connectivity index (χ0) is 19.2. The summed E-state index contributed by atoms with van der Waals surface area (Å²) in [5, 5.41) is 21.6. The maximum atomic E-state index is 10.2. The third-order valence-electron chi connectivity index (χ3n) is 3.61. The number of methoxy groups -OCH3 is 2. The Morgan fingerprint density at radius 3 is 2.42 bits per heavy atom. The van der Waals surface area contributed by atoms with Crippen LogP contribution < -0.4 is 19.5 Å². The summed E-state index contributed by atoms with van der Waals surface area (Å²) >= 11 is 0. The highest BCUT2D eigenvalue weighted by molar-refractivity contribution is 5.68. The number of aliphatic hydroxyl groups is 1. The van der Waals surface area contributed by atoms with Crippen LogP contribution >= 0.6 is 0 Å². The van der Waals surface area contributed by atoms with Gasteiger partial charge in [0.1, 0.15) is 24.2 Å². The average molecular weight is 361 g/mol. The Morgan fingerprint density at radius 1 is 1.08 bits per heavy atom. The minimum Gasteiger partial charge on any atom is -0.497 e. The average Bonchev–Trinajstić information content (AvgIpc) is 2.64. The Bertz CT molecular complexity index is 699. The van der Waals surface area contributed by atoms with Gasteiger partial charge in [0.15, 0.2) is 0 Å². The molecule has 7 heteroatoms. The van der Waals surface area contributed by atoms with Crippen molar-refractivity contribution >= 4 is 0 Å². The fraction of sp³-hybridized carbons (Fsp3) is 0.474. The number of hydrogen-bond acceptors (Lipinski definition) is 7. The third-order valence-corrected chi connectivity index (χ3v) is 3.61. The third kappa shape index (κ3) is 5.86. The van der Waals surface area contributed by atoms with Gasteiger partial charge in [-0.25, -0.2) is 0 Å². The number of nitrogens with zero attached hydrogens (tertiary/aromatic N) is 2. The molecule has 0 aliphatic rings. The highest BCUT2D eigenvalue weighted by Crippen LogP contribution is 2.32. The molecule has 0 saturated heterocycles. The van der Waals surface area contributed by atoms with Crippen LogP contribution in [-0.4, -0.2) is 54.3 Å². The minimum absolute atomic E-state index is 0.0687. The topological polar surface area (TPSA) is 85.7 Å². The van der Waals surface area contributed by atoms with Gasteiger partial charge in [-0.2, -0.15) is 0 Å². The number of ether oxygens (including phenoxy) is 3. The van der Waals surface area contributed by atoms with Crippen LogP contribution in [0, 0.1) is 0 Å². The molecule has 0 amide bonds. The lowest BCUT2D eigenvalue weighted by molar-refractivity contribution is 0.100. The highest BCUT2D eigenvalue weighted by atomic mass is 16.5. The van der Waals surface area contributed by atoms with E-state index in [1.165, 1.54) is 0 Å². The summed E-state index contributed by atoms with van der Waals surface area (Å²) < 4.78 is 16.2. The Morgan fingerprint density at radius 2 is 1.85 bits per heavy atom. The maximum absolute atomic E-state index is 10.2. The molecule has 2 rings (SSSR count). The van der Waals surface area contributed by atoms with Crippen molar-refractivity contribution in [1.82, 2.24) is 15.5 Å². The maximum Gasteiger partial charge on any atom is 0.233 e. The van der Waals surface area contributed by atoms with Gasteiger partial charge in [0.2, 0.25) is 5.88 Å². The number of β-amino-alcohol motifs (C(OH)–C–C–N with tert-alkyl or cyclic N) is 1. The largest absolute Gasteiger partial charge is 0.497 e. The van der Waals surface area contributed by atoms with Crippen molar-refractivity contribution in [2.45, 2.75) is 32.4 Å². The van der Waals surface area contributed by atoms with E-state index in [0.717, 1.165) is 5.56 Å². The Labute approximate surface area is 154 Å². The summed E-state index contributed by atoms with van der Waals surface area (Å²) in [5.74, 6) is 1.67. The highest BCUT2D eigenvalue weighted by Gasteiger charge is 2.15. The summed E-state index contributed by atoms with van der Waals surface area (Å²) in [4.78, 5) is 0. The van der Waals surface area contributed by atoms with Gasteiger partial charge in [-0.05, 0) is 39.0 Å². The van der Waals surface area contributed by atoms with E-state index in [1.807, 2.05) is 32.9 Å². The van der Waals surface area contributed by atoms with Crippen molar-refractivity contribution in [3.8, 4) is 28.6 Å². The lowest BCUT2D eigenvalue weighted by atomic mass is 10.1. The SMILES string of the molecule is COc1ccc(-c2ccc(OC)nn2)c(OCC(O)CNC(C)(C)C)c1. The van der Waals surface area contributed by atoms with Crippen molar-refractivity contribution in [2.75, 3.05) is 27.4 Å². The fourth-order valence-electron chi connectivity index (χ4n) is 2.20. The molecule has 0 fully saturated rings. The number of hydrogen-bond donors (Lipinski definition) is 2. The lowest BCUT2D eigenvalue weighted by Gasteiger charge is -2.23. The first-order valence-electron chi connectivity index (χ1n) is 8.44. The molecule has 0 aliphatic heterocycles. The van der Waals surface area contributed by atoms with Gasteiger partial charge in [-0.3, -0.25) is 0 Å². The van der Waals surface area contributed by atoms with Crippen LogP contribution in [0.15, 0.2) is 30.3 Å². The summed E-state index contributed by atoms with van der Waals surface area (Å²) in [6.45, 7) is 6.72. The molecule has 1 heterocycles. The second-order valence-corrected chi connectivity index (χ2v) is 6.92. The van der Waals surface area contributed by atoms with Crippen LogP contribution in [0.2, 0.25) is 0 Å². The van der Waals surface area contributed by atoms with Crippen molar-refractivity contribution in [2.24, 2.45) is 0 Å². The van der Waals surface area contributed by atoms with Gasteiger partial charge in [-0.1, -0.05) is 0 Å². The number of rotatable bonds is 8. The van der Waals surface area contributed by atoms with Crippen LogP contribution in [0.1, 0.15) is 20.8 Å². The van der Waals surface area contributed by atoms with Crippen molar-refractivity contribution in [3.05, 3.63) is 30.3 Å². The molecule has 0 saturated carbocycles. The zero-order valence-electron chi connectivity index (χ0n) is 15.9. The van der Waals surface area contributed by atoms with Gasteiger partial charge < -0.3 is 24.6 Å². The number of aromatic nitrogens is 2. The van der Waals surface area contributed by atoms with E-state index in [1.54, 1.807) is 32.4 Å². The predicted octanol–water partition coefficient (Wildman–Crippen LogP) is 2.29. The van der Waals surface area contributed by atoms with E-state index in [0.29, 0.717) is 29.6 Å². The first-order chi connectivity index (χ1) is 12.3.